The summed E-state index contributed by atoms with van der Waals surface area (Å²) in [4.78, 5) is 2.25. The van der Waals surface area contributed by atoms with E-state index in [1.54, 1.807) is 0 Å². The van der Waals surface area contributed by atoms with Gasteiger partial charge in [0, 0.05) is 12.0 Å². The molecule has 0 aliphatic carbocycles. The second-order valence-corrected chi connectivity index (χ2v) is 6.26. The van der Waals surface area contributed by atoms with Gasteiger partial charge in [0.15, 0.2) is 0 Å². The van der Waals surface area contributed by atoms with Gasteiger partial charge >= 0.3 is 0 Å². The fraction of sp³-hybridized carbons (Fsp3) is 1.00. The van der Waals surface area contributed by atoms with Crippen LogP contribution in [0.25, 0.3) is 0 Å². The maximum Gasteiger partial charge on any atom is 0.126 e. The molecule has 1 fully saturated rings. The van der Waals surface area contributed by atoms with Crippen molar-refractivity contribution in [3.63, 3.8) is 0 Å². The predicted molar refractivity (Wildman–Crippen MR) is 107 cm³/mol. The van der Waals surface area contributed by atoms with Gasteiger partial charge in [0.25, 0.3) is 0 Å². The minimum Gasteiger partial charge on any atom is -0.300 e. The van der Waals surface area contributed by atoms with Crippen LogP contribution in [0.15, 0.2) is 0 Å². The fourth-order valence-corrected chi connectivity index (χ4v) is 3.19. The number of hydrogen-bond donors (Lipinski definition) is 0. The molecule has 0 saturated carbocycles. The highest BCUT2D eigenvalue weighted by atomic mass is 19.1. The highest BCUT2D eigenvalue weighted by molar-refractivity contribution is 5.01. The van der Waals surface area contributed by atoms with Crippen LogP contribution in [0, 0.1) is 5.41 Å². The molecule has 1 aliphatic heterocycles. The Bertz CT molecular complexity index is 228. The summed E-state index contributed by atoms with van der Waals surface area (Å²) in [7, 11) is 0. The Hall–Kier alpha value is -0.110. The Balaban J connectivity index is -0.000000496. The molecule has 144 valence electrons. The van der Waals surface area contributed by atoms with Crippen molar-refractivity contribution in [1.29, 1.82) is 0 Å². The zero-order chi connectivity index (χ0) is 18.9. The number of likely N-dealkylation sites (tertiary alicyclic amines) is 1. The summed E-state index contributed by atoms with van der Waals surface area (Å²) in [6.45, 7) is 23.2. The van der Waals surface area contributed by atoms with E-state index in [2.05, 4.69) is 39.5 Å². The second kappa shape index (κ2) is 16.7. The summed E-state index contributed by atoms with van der Waals surface area (Å²) in [5.74, 6) is 0. The number of piperidine rings is 1. The van der Waals surface area contributed by atoms with Gasteiger partial charge in [0.1, 0.15) is 5.67 Å². The first kappa shape index (κ1) is 27.7. The second-order valence-electron chi connectivity index (χ2n) is 6.26. The molecule has 1 aliphatic rings. The normalized spacial score (nSPS) is 26.7. The lowest BCUT2D eigenvalue weighted by molar-refractivity contribution is -0.0754. The van der Waals surface area contributed by atoms with E-state index in [0.717, 1.165) is 32.4 Å². The van der Waals surface area contributed by atoms with Crippen LogP contribution in [-0.2, 0) is 0 Å². The van der Waals surface area contributed by atoms with Gasteiger partial charge in [-0.15, -0.1) is 0 Å². The number of alkyl halides is 1. The minimum atomic E-state index is -1.01. The summed E-state index contributed by atoms with van der Waals surface area (Å²) < 4.78 is 14.9. The van der Waals surface area contributed by atoms with Crippen LogP contribution < -0.4 is 0 Å². The van der Waals surface area contributed by atoms with Crippen molar-refractivity contribution in [2.45, 2.75) is 113 Å². The maximum absolute atomic E-state index is 14.9. The first-order chi connectivity index (χ1) is 10.9. The third-order valence-electron chi connectivity index (χ3n) is 4.67. The molecule has 1 heterocycles. The van der Waals surface area contributed by atoms with E-state index in [0.29, 0.717) is 6.54 Å². The van der Waals surface area contributed by atoms with Crippen molar-refractivity contribution in [2.24, 2.45) is 5.41 Å². The molecular weight excluding hydrogens is 285 g/mol. The van der Waals surface area contributed by atoms with E-state index in [4.69, 9.17) is 0 Å². The number of rotatable bonds is 5. The molecule has 1 saturated heterocycles. The Kier molecular flexibility index (Phi) is 20.2. The molecule has 0 radical (unpaired) electrons. The predicted octanol–water partition coefficient (Wildman–Crippen LogP) is 7.50. The third kappa shape index (κ3) is 9.69. The summed E-state index contributed by atoms with van der Waals surface area (Å²) >= 11 is 0. The molecule has 2 atom stereocenters. The van der Waals surface area contributed by atoms with Crippen molar-refractivity contribution >= 4 is 0 Å². The highest BCUT2D eigenvalue weighted by Gasteiger charge is 2.50. The zero-order valence-corrected chi connectivity index (χ0v) is 18.2. The Morgan fingerprint density at radius 1 is 0.957 bits per heavy atom. The number of unbranched alkanes of at least 4 members (excludes halogenated alkanes) is 1. The van der Waals surface area contributed by atoms with Crippen LogP contribution in [0.5, 0.6) is 0 Å². The molecule has 2 heteroatoms. The molecule has 0 N–H and O–H groups in total. The van der Waals surface area contributed by atoms with Crippen LogP contribution in [0.1, 0.15) is 108 Å². The van der Waals surface area contributed by atoms with Gasteiger partial charge in [0.05, 0.1) is 0 Å². The molecular formula is C21H48FN. The van der Waals surface area contributed by atoms with Crippen molar-refractivity contribution in [3.05, 3.63) is 0 Å². The summed E-state index contributed by atoms with van der Waals surface area (Å²) in [5.41, 5.74) is -1.07. The lowest BCUT2D eigenvalue weighted by atomic mass is 9.64. The Labute approximate surface area is 148 Å². The topological polar surface area (TPSA) is 3.24 Å². The van der Waals surface area contributed by atoms with Crippen molar-refractivity contribution in [1.82, 2.24) is 4.90 Å². The zero-order valence-electron chi connectivity index (χ0n) is 18.2. The first-order valence-corrected chi connectivity index (χ1v) is 10.3. The molecule has 1 nitrogen and oxygen atoms in total. The average molecular weight is 334 g/mol. The maximum atomic E-state index is 14.9. The number of hydrogen-bond acceptors (Lipinski definition) is 1. The van der Waals surface area contributed by atoms with Gasteiger partial charge in [-0.2, -0.15) is 0 Å². The van der Waals surface area contributed by atoms with Crippen molar-refractivity contribution in [2.75, 3.05) is 19.6 Å². The fourth-order valence-electron chi connectivity index (χ4n) is 3.19. The van der Waals surface area contributed by atoms with Crippen LogP contribution >= 0.6 is 0 Å². The van der Waals surface area contributed by atoms with E-state index >= 15 is 0 Å². The summed E-state index contributed by atoms with van der Waals surface area (Å²) in [6.07, 6.45) is 6.67. The highest BCUT2D eigenvalue weighted by Crippen LogP contribution is 2.48. The van der Waals surface area contributed by atoms with Gasteiger partial charge in [-0.3, -0.25) is 0 Å². The van der Waals surface area contributed by atoms with Crippen molar-refractivity contribution in [3.8, 4) is 0 Å². The van der Waals surface area contributed by atoms with E-state index in [-0.39, 0.29) is 5.41 Å². The summed E-state index contributed by atoms with van der Waals surface area (Å²) in [5, 5.41) is 0. The van der Waals surface area contributed by atoms with Crippen LogP contribution in [0.4, 0.5) is 4.39 Å². The minimum absolute atomic E-state index is 0.0608. The molecule has 23 heavy (non-hydrogen) atoms. The lowest BCUT2D eigenvalue weighted by Gasteiger charge is -2.50. The third-order valence-corrected chi connectivity index (χ3v) is 4.67. The molecule has 0 amide bonds. The van der Waals surface area contributed by atoms with Gasteiger partial charge in [-0.25, -0.2) is 4.39 Å². The van der Waals surface area contributed by atoms with E-state index in [9.17, 15) is 4.39 Å². The van der Waals surface area contributed by atoms with Gasteiger partial charge < -0.3 is 4.90 Å². The van der Waals surface area contributed by atoms with E-state index < -0.39 is 5.67 Å². The molecule has 0 aromatic heterocycles. The van der Waals surface area contributed by atoms with Crippen LogP contribution in [-0.4, -0.2) is 30.2 Å². The van der Waals surface area contributed by atoms with Gasteiger partial charge in [-0.1, -0.05) is 81.6 Å². The van der Waals surface area contributed by atoms with Gasteiger partial charge in [-0.05, 0) is 39.3 Å². The van der Waals surface area contributed by atoms with Crippen molar-refractivity contribution < 1.29 is 4.39 Å². The molecule has 1 rings (SSSR count). The van der Waals surface area contributed by atoms with Crippen LogP contribution in [0.2, 0.25) is 0 Å². The number of halogens is 1. The molecule has 0 aromatic carbocycles. The Morgan fingerprint density at radius 3 is 1.74 bits per heavy atom. The van der Waals surface area contributed by atoms with Crippen LogP contribution in [0.3, 0.4) is 0 Å². The largest absolute Gasteiger partial charge is 0.300 e. The smallest absolute Gasteiger partial charge is 0.126 e. The SMILES string of the molecule is CC.CC.CCC.CCCCC1(CC)CCN(CC)CC1(C)F. The molecule has 0 aromatic rings. The average Bonchev–Trinajstić information content (AvgIpc) is 2.58. The monoisotopic (exact) mass is 333 g/mol. The standard InChI is InChI=1S/C14H28FN.C3H8.2C2H6/c1-5-8-9-14(6-2)10-11-16(7-3)12-13(14,4)15;1-3-2;2*1-2/h5-12H2,1-4H3;3H2,1-2H3;2*1-2H3. The molecule has 2 unspecified atom stereocenters. The van der Waals surface area contributed by atoms with E-state index in [1.165, 1.54) is 19.3 Å². The first-order valence-electron chi connectivity index (χ1n) is 10.3. The quantitative estimate of drug-likeness (QED) is 0.503. The van der Waals surface area contributed by atoms with Gasteiger partial charge in [0.2, 0.25) is 0 Å². The molecule has 0 bridgehead atoms. The van der Waals surface area contributed by atoms with E-state index in [1.807, 2.05) is 34.6 Å². The lowest BCUT2D eigenvalue weighted by Crippen LogP contribution is -2.56. The summed E-state index contributed by atoms with van der Waals surface area (Å²) in [6, 6.07) is 0. The molecule has 0 spiro atoms. The Morgan fingerprint density at radius 2 is 1.43 bits per heavy atom. The number of nitrogens with zero attached hydrogens (tertiary/aromatic N) is 1.